The van der Waals surface area contributed by atoms with E-state index in [0.29, 0.717) is 0 Å². The van der Waals surface area contributed by atoms with Gasteiger partial charge in [0.25, 0.3) is 0 Å². The van der Waals surface area contributed by atoms with Crippen molar-refractivity contribution in [2.45, 2.75) is 27.7 Å². The van der Waals surface area contributed by atoms with Crippen molar-refractivity contribution in [3.63, 3.8) is 0 Å². The van der Waals surface area contributed by atoms with Crippen molar-refractivity contribution in [1.82, 2.24) is 15.0 Å². The predicted octanol–water partition coefficient (Wildman–Crippen LogP) is 7.06. The van der Waals surface area contributed by atoms with Gasteiger partial charge >= 0.3 is 0 Å². The molecule has 0 bridgehead atoms. The SMILES string of the molecule is CC.CC.Clc1nc(-c2ccccc2)c2ccnc(-c3ccccc3)c2n1. The molecule has 4 rings (SSSR count). The third-order valence-electron chi connectivity index (χ3n) is 3.68. The fraction of sp³-hybridized carbons (Fsp3) is 0.174. The first-order valence-corrected chi connectivity index (χ1v) is 9.64. The molecule has 27 heavy (non-hydrogen) atoms. The lowest BCUT2D eigenvalue weighted by Crippen LogP contribution is -1.95. The van der Waals surface area contributed by atoms with Gasteiger partial charge in [-0.1, -0.05) is 88.4 Å². The second kappa shape index (κ2) is 10.4. The molecule has 0 amide bonds. The van der Waals surface area contributed by atoms with Crippen LogP contribution in [-0.2, 0) is 0 Å². The van der Waals surface area contributed by atoms with Crippen molar-refractivity contribution in [3.8, 4) is 22.5 Å². The lowest BCUT2D eigenvalue weighted by Gasteiger charge is -2.09. The number of hydrogen-bond donors (Lipinski definition) is 0. The van der Waals surface area contributed by atoms with E-state index in [1.165, 1.54) is 0 Å². The van der Waals surface area contributed by atoms with Crippen LogP contribution < -0.4 is 0 Å². The Morgan fingerprint density at radius 1 is 0.630 bits per heavy atom. The summed E-state index contributed by atoms with van der Waals surface area (Å²) in [4.78, 5) is 13.4. The molecule has 0 saturated carbocycles. The molecule has 0 N–H and O–H groups in total. The van der Waals surface area contributed by atoms with Crippen LogP contribution in [0.25, 0.3) is 33.4 Å². The molecule has 4 aromatic rings. The average Bonchev–Trinajstić information content (AvgIpc) is 2.77. The van der Waals surface area contributed by atoms with Gasteiger partial charge in [-0.3, -0.25) is 4.98 Å². The summed E-state index contributed by atoms with van der Waals surface area (Å²) < 4.78 is 0. The van der Waals surface area contributed by atoms with Crippen LogP contribution in [0.15, 0.2) is 72.9 Å². The van der Waals surface area contributed by atoms with Gasteiger partial charge in [0, 0.05) is 22.7 Å². The van der Waals surface area contributed by atoms with E-state index in [0.717, 1.165) is 33.4 Å². The molecule has 0 radical (unpaired) electrons. The lowest BCUT2D eigenvalue weighted by molar-refractivity contribution is 1.21. The molecule has 0 atom stereocenters. The average molecular weight is 378 g/mol. The number of pyridine rings is 1. The van der Waals surface area contributed by atoms with Crippen LogP contribution in [0, 0.1) is 0 Å². The van der Waals surface area contributed by atoms with Gasteiger partial charge in [0.1, 0.15) is 5.52 Å². The molecule has 4 heteroatoms. The Bertz CT molecular complexity index is 971. The Kier molecular flexibility index (Phi) is 7.90. The highest BCUT2D eigenvalue weighted by molar-refractivity contribution is 6.29. The Balaban J connectivity index is 0.000000614. The molecule has 0 fully saturated rings. The van der Waals surface area contributed by atoms with Crippen LogP contribution in [-0.4, -0.2) is 15.0 Å². The third-order valence-corrected chi connectivity index (χ3v) is 3.85. The zero-order valence-corrected chi connectivity index (χ0v) is 16.9. The summed E-state index contributed by atoms with van der Waals surface area (Å²) in [5, 5.41) is 1.16. The van der Waals surface area contributed by atoms with E-state index >= 15 is 0 Å². The first-order chi connectivity index (χ1) is 13.3. The van der Waals surface area contributed by atoms with E-state index < -0.39 is 0 Å². The van der Waals surface area contributed by atoms with Gasteiger partial charge in [-0.25, -0.2) is 9.97 Å². The van der Waals surface area contributed by atoms with Crippen LogP contribution in [0.5, 0.6) is 0 Å². The minimum absolute atomic E-state index is 0.224. The number of hydrogen-bond acceptors (Lipinski definition) is 3. The van der Waals surface area contributed by atoms with Gasteiger partial charge in [-0.05, 0) is 17.7 Å². The van der Waals surface area contributed by atoms with Gasteiger partial charge in [0.2, 0.25) is 5.28 Å². The smallest absolute Gasteiger partial charge is 0.223 e. The van der Waals surface area contributed by atoms with Crippen molar-refractivity contribution in [1.29, 1.82) is 0 Å². The Hall–Kier alpha value is -2.78. The normalized spacial score (nSPS) is 9.67. The van der Waals surface area contributed by atoms with E-state index in [4.69, 9.17) is 11.6 Å². The Morgan fingerprint density at radius 2 is 1.15 bits per heavy atom. The van der Waals surface area contributed by atoms with E-state index in [9.17, 15) is 0 Å². The molecule has 3 nitrogen and oxygen atoms in total. The minimum atomic E-state index is 0.224. The highest BCUT2D eigenvalue weighted by atomic mass is 35.5. The summed E-state index contributed by atoms with van der Waals surface area (Å²) in [5.74, 6) is 0. The third kappa shape index (κ3) is 4.69. The summed E-state index contributed by atoms with van der Waals surface area (Å²) >= 11 is 6.18. The second-order valence-corrected chi connectivity index (χ2v) is 5.47. The first kappa shape index (κ1) is 20.5. The maximum Gasteiger partial charge on any atom is 0.223 e. The number of halogens is 1. The molecule has 0 unspecified atom stereocenters. The molecule has 2 heterocycles. The van der Waals surface area contributed by atoms with Gasteiger partial charge < -0.3 is 0 Å². The topological polar surface area (TPSA) is 38.7 Å². The second-order valence-electron chi connectivity index (χ2n) is 5.13. The highest BCUT2D eigenvalue weighted by Gasteiger charge is 2.13. The van der Waals surface area contributed by atoms with E-state index in [-0.39, 0.29) is 5.28 Å². The van der Waals surface area contributed by atoms with Gasteiger partial charge in [0.15, 0.2) is 0 Å². The van der Waals surface area contributed by atoms with Crippen molar-refractivity contribution < 1.29 is 0 Å². The van der Waals surface area contributed by atoms with Crippen LogP contribution in [0.4, 0.5) is 0 Å². The van der Waals surface area contributed by atoms with Gasteiger partial charge in [-0.2, -0.15) is 0 Å². The van der Waals surface area contributed by atoms with E-state index in [2.05, 4.69) is 15.0 Å². The summed E-state index contributed by atoms with van der Waals surface area (Å²) in [5.41, 5.74) is 4.40. The van der Waals surface area contributed by atoms with Crippen molar-refractivity contribution >= 4 is 22.5 Å². The van der Waals surface area contributed by atoms with Gasteiger partial charge in [0.05, 0.1) is 11.4 Å². The zero-order chi connectivity index (χ0) is 19.6. The number of fused-ring (bicyclic) bond motifs is 1. The lowest BCUT2D eigenvalue weighted by atomic mass is 10.0. The quantitative estimate of drug-likeness (QED) is 0.351. The van der Waals surface area contributed by atoms with Crippen LogP contribution in [0.1, 0.15) is 27.7 Å². The fourth-order valence-electron chi connectivity index (χ4n) is 2.65. The Labute approximate surface area is 166 Å². The number of benzene rings is 2. The van der Waals surface area contributed by atoms with Crippen molar-refractivity contribution in [2.24, 2.45) is 0 Å². The van der Waals surface area contributed by atoms with Crippen LogP contribution in [0.3, 0.4) is 0 Å². The molecule has 0 saturated heterocycles. The molecule has 0 aliphatic carbocycles. The molecular weight excluding hydrogens is 354 g/mol. The standard InChI is InChI=1S/C19H12ClN3.2C2H6/c20-19-22-16(13-7-3-1-4-8-13)15-11-12-21-17(18(15)23-19)14-9-5-2-6-10-14;2*1-2/h1-12H;2*1-2H3. The Morgan fingerprint density at radius 3 is 1.70 bits per heavy atom. The molecular formula is C23H24ClN3. The maximum atomic E-state index is 6.18. The fourth-order valence-corrected chi connectivity index (χ4v) is 2.82. The molecule has 2 aromatic heterocycles. The molecule has 0 aliphatic rings. The van der Waals surface area contributed by atoms with Crippen LogP contribution in [0.2, 0.25) is 5.28 Å². The highest BCUT2D eigenvalue weighted by Crippen LogP contribution is 2.31. The zero-order valence-electron chi connectivity index (χ0n) is 16.1. The summed E-state index contributed by atoms with van der Waals surface area (Å²) in [6, 6.07) is 21.9. The first-order valence-electron chi connectivity index (χ1n) is 9.26. The molecule has 138 valence electrons. The number of rotatable bonds is 2. The number of nitrogens with zero attached hydrogens (tertiary/aromatic N) is 3. The van der Waals surface area contributed by atoms with Crippen LogP contribution >= 0.6 is 11.6 Å². The summed E-state index contributed by atoms with van der Waals surface area (Å²) in [6.45, 7) is 8.00. The monoisotopic (exact) mass is 377 g/mol. The molecule has 0 aliphatic heterocycles. The predicted molar refractivity (Wildman–Crippen MR) is 116 cm³/mol. The summed E-state index contributed by atoms with van der Waals surface area (Å²) in [7, 11) is 0. The minimum Gasteiger partial charge on any atom is -0.254 e. The summed E-state index contributed by atoms with van der Waals surface area (Å²) in [6.07, 6.45) is 1.79. The molecule has 0 spiro atoms. The maximum absolute atomic E-state index is 6.18. The number of aromatic nitrogens is 3. The van der Waals surface area contributed by atoms with Crippen molar-refractivity contribution in [2.75, 3.05) is 0 Å². The van der Waals surface area contributed by atoms with Gasteiger partial charge in [-0.15, -0.1) is 0 Å². The van der Waals surface area contributed by atoms with E-state index in [1.807, 2.05) is 94.4 Å². The van der Waals surface area contributed by atoms with Crippen molar-refractivity contribution in [3.05, 3.63) is 78.2 Å². The largest absolute Gasteiger partial charge is 0.254 e. The molecule has 2 aromatic carbocycles. The van der Waals surface area contributed by atoms with E-state index in [1.54, 1.807) is 6.20 Å².